The van der Waals surface area contributed by atoms with Crippen molar-refractivity contribution >= 4 is 21.8 Å². The van der Waals surface area contributed by atoms with Crippen molar-refractivity contribution in [3.05, 3.63) is 0 Å². The largest absolute Gasteiger partial charge is 0.390 e. The summed E-state index contributed by atoms with van der Waals surface area (Å²) in [5.74, 6) is 1.34. The molecule has 2 saturated carbocycles. The van der Waals surface area contributed by atoms with Crippen LogP contribution in [-0.4, -0.2) is 103 Å². The van der Waals surface area contributed by atoms with Gasteiger partial charge in [-0.2, -0.15) is 0 Å². The third-order valence-electron chi connectivity index (χ3n) is 9.75. The lowest BCUT2D eigenvalue weighted by Crippen LogP contribution is -2.54. The number of amides is 1. The Bertz CT molecular complexity index is 759. The van der Waals surface area contributed by atoms with E-state index < -0.39 is 6.10 Å². The van der Waals surface area contributed by atoms with Crippen LogP contribution < -0.4 is 21.3 Å². The number of β-amino-alcohol motifs (C(OH)–C–C–N with tert-alkyl or cyclic N) is 1. The maximum Gasteiger partial charge on any atom is 0.223 e. The number of aliphatic hydroxyl groups excluding tert-OH is 1. The number of hydrogen-bond donors (Lipinski definition) is 5. The molecule has 3 aliphatic heterocycles. The second kappa shape index (κ2) is 14.0. The van der Waals surface area contributed by atoms with E-state index in [1.807, 2.05) is 0 Å². The van der Waals surface area contributed by atoms with Crippen LogP contribution in [0.15, 0.2) is 0 Å². The normalized spacial score (nSPS) is 39.7. The van der Waals surface area contributed by atoms with E-state index in [0.29, 0.717) is 55.2 Å². The van der Waals surface area contributed by atoms with Crippen molar-refractivity contribution in [1.82, 2.24) is 26.2 Å². The van der Waals surface area contributed by atoms with Crippen molar-refractivity contribution in [2.75, 3.05) is 46.1 Å². The molecular formula is C28H50BrN5O4. The highest BCUT2D eigenvalue weighted by Crippen LogP contribution is 2.41. The Hall–Kier alpha value is -0.330. The van der Waals surface area contributed by atoms with E-state index in [0.717, 1.165) is 51.7 Å². The van der Waals surface area contributed by atoms with E-state index in [4.69, 9.17) is 9.47 Å². The molecule has 218 valence electrons. The van der Waals surface area contributed by atoms with E-state index in [-0.39, 0.29) is 30.2 Å². The molecule has 2 aliphatic carbocycles. The monoisotopic (exact) mass is 599 g/mol. The Kier molecular flexibility index (Phi) is 10.8. The van der Waals surface area contributed by atoms with E-state index >= 15 is 0 Å². The molecule has 9 atom stereocenters. The van der Waals surface area contributed by atoms with Crippen LogP contribution in [0.4, 0.5) is 0 Å². The van der Waals surface area contributed by atoms with Gasteiger partial charge in [0, 0.05) is 42.5 Å². The fourth-order valence-corrected chi connectivity index (χ4v) is 8.48. The zero-order chi connectivity index (χ0) is 26.5. The Morgan fingerprint density at radius 1 is 1.18 bits per heavy atom. The third-order valence-corrected chi connectivity index (χ3v) is 11.0. The molecule has 5 rings (SSSR count). The van der Waals surface area contributed by atoms with Gasteiger partial charge >= 0.3 is 0 Å². The summed E-state index contributed by atoms with van der Waals surface area (Å²) in [4.78, 5) is 15.6. The van der Waals surface area contributed by atoms with Crippen molar-refractivity contribution in [3.63, 3.8) is 0 Å². The first-order valence-corrected chi connectivity index (χ1v) is 16.2. The maximum absolute atomic E-state index is 12.9. The molecule has 3 saturated heterocycles. The fourth-order valence-electron chi connectivity index (χ4n) is 7.36. The first-order valence-electron chi connectivity index (χ1n) is 15.2. The second-order valence-corrected chi connectivity index (χ2v) is 13.5. The number of fused-ring (bicyclic) bond motifs is 1. The highest BCUT2D eigenvalue weighted by atomic mass is 79.9. The number of ether oxygens (including phenoxy) is 2. The first kappa shape index (κ1) is 29.2. The van der Waals surface area contributed by atoms with Gasteiger partial charge < -0.3 is 30.1 Å². The van der Waals surface area contributed by atoms with Gasteiger partial charge in [-0.1, -0.05) is 28.8 Å². The standard InChI is InChI=1S/C28H50BrN5O4/c1-18-25(38-17-32-18)16-37-24-7-6-20-14-34(11-9-23(20)27(24)29)15-22(35)13-31-28(36)19-8-10-30-26(12-19)33-21-4-2-3-5-21/h18-27,30,32-33,35H,2-17H2,1H3,(H,31,36)/t18?,19?,20?,22-,23?,24?,25?,26?,27?/m0/s1. The predicted octanol–water partition coefficient (Wildman–Crippen LogP) is 1.54. The Morgan fingerprint density at radius 2 is 2.03 bits per heavy atom. The molecule has 9 nitrogen and oxygen atoms in total. The topological polar surface area (TPSA) is 107 Å². The van der Waals surface area contributed by atoms with Crippen molar-refractivity contribution in [1.29, 1.82) is 0 Å². The van der Waals surface area contributed by atoms with E-state index in [2.05, 4.69) is 49.0 Å². The van der Waals surface area contributed by atoms with Crippen LogP contribution in [0.3, 0.4) is 0 Å². The molecule has 0 radical (unpaired) electrons. The average molecular weight is 601 g/mol. The summed E-state index contributed by atoms with van der Waals surface area (Å²) < 4.78 is 12.1. The van der Waals surface area contributed by atoms with Gasteiger partial charge in [0.1, 0.15) is 0 Å². The van der Waals surface area contributed by atoms with Gasteiger partial charge in [0.2, 0.25) is 5.91 Å². The van der Waals surface area contributed by atoms with Crippen LogP contribution in [0.2, 0.25) is 0 Å². The quantitative estimate of drug-likeness (QED) is 0.241. The van der Waals surface area contributed by atoms with Crippen molar-refractivity contribution < 1.29 is 19.4 Å². The number of rotatable bonds is 10. The molecule has 8 unspecified atom stereocenters. The zero-order valence-electron chi connectivity index (χ0n) is 23.1. The van der Waals surface area contributed by atoms with Gasteiger partial charge in [0.05, 0.1) is 37.8 Å². The molecule has 0 aromatic heterocycles. The average Bonchev–Trinajstić information content (AvgIpc) is 3.58. The molecular weight excluding hydrogens is 550 g/mol. The first-order chi connectivity index (χ1) is 18.5. The smallest absolute Gasteiger partial charge is 0.223 e. The lowest BCUT2D eigenvalue weighted by molar-refractivity contribution is -0.126. The molecule has 5 N–H and O–H groups in total. The van der Waals surface area contributed by atoms with Gasteiger partial charge in [-0.3, -0.25) is 15.4 Å². The highest BCUT2D eigenvalue weighted by molar-refractivity contribution is 9.09. The van der Waals surface area contributed by atoms with Gasteiger partial charge in [0.15, 0.2) is 0 Å². The molecule has 5 fully saturated rings. The number of halogens is 1. The molecule has 3 heterocycles. The van der Waals surface area contributed by atoms with Crippen LogP contribution >= 0.6 is 15.9 Å². The van der Waals surface area contributed by atoms with E-state index in [9.17, 15) is 9.90 Å². The lowest BCUT2D eigenvalue weighted by Gasteiger charge is -2.46. The SMILES string of the molecule is CC1NCOC1COC1CCC2CN(C[C@@H](O)CNC(=O)C3CCNC(NC4CCCC4)C3)CCC2C1Br. The fraction of sp³-hybridized carbons (Fsp3) is 0.964. The summed E-state index contributed by atoms with van der Waals surface area (Å²) in [6.45, 7) is 7.24. The van der Waals surface area contributed by atoms with Crippen molar-refractivity contribution in [2.45, 2.75) is 106 Å². The summed E-state index contributed by atoms with van der Waals surface area (Å²) in [5, 5.41) is 24.4. The third kappa shape index (κ3) is 7.69. The summed E-state index contributed by atoms with van der Waals surface area (Å²) in [5.41, 5.74) is 0. The minimum atomic E-state index is -0.536. The van der Waals surface area contributed by atoms with Crippen molar-refractivity contribution in [2.24, 2.45) is 17.8 Å². The van der Waals surface area contributed by atoms with Gasteiger partial charge in [-0.05, 0) is 76.8 Å². The number of likely N-dealkylation sites (tertiary alicyclic amines) is 1. The summed E-state index contributed by atoms with van der Waals surface area (Å²) in [7, 11) is 0. The van der Waals surface area contributed by atoms with E-state index in [1.54, 1.807) is 0 Å². The number of nitrogens with one attached hydrogen (secondary N) is 4. The minimum Gasteiger partial charge on any atom is -0.390 e. The number of alkyl halides is 1. The minimum absolute atomic E-state index is 0.0195. The molecule has 38 heavy (non-hydrogen) atoms. The van der Waals surface area contributed by atoms with Gasteiger partial charge in [0.25, 0.3) is 0 Å². The summed E-state index contributed by atoms with van der Waals surface area (Å²) in [6.07, 6.45) is 10.2. The molecule has 0 aromatic rings. The number of hydrogen-bond acceptors (Lipinski definition) is 8. The molecule has 0 aromatic carbocycles. The van der Waals surface area contributed by atoms with Crippen molar-refractivity contribution in [3.8, 4) is 0 Å². The lowest BCUT2D eigenvalue weighted by atomic mass is 9.73. The van der Waals surface area contributed by atoms with Crippen LogP contribution in [-0.2, 0) is 14.3 Å². The second-order valence-electron chi connectivity index (χ2n) is 12.5. The van der Waals surface area contributed by atoms with Crippen LogP contribution in [0.25, 0.3) is 0 Å². The van der Waals surface area contributed by atoms with Gasteiger partial charge in [-0.25, -0.2) is 0 Å². The number of piperidine rings is 2. The van der Waals surface area contributed by atoms with Crippen LogP contribution in [0.1, 0.15) is 64.7 Å². The number of nitrogens with zero attached hydrogens (tertiary/aromatic N) is 1. The van der Waals surface area contributed by atoms with Crippen LogP contribution in [0, 0.1) is 17.8 Å². The van der Waals surface area contributed by atoms with E-state index in [1.165, 1.54) is 25.7 Å². The predicted molar refractivity (Wildman–Crippen MR) is 151 cm³/mol. The summed E-state index contributed by atoms with van der Waals surface area (Å²) in [6, 6.07) is 0.935. The molecule has 10 heteroatoms. The maximum atomic E-state index is 12.9. The number of carbonyl (C=O) groups excluding carboxylic acids is 1. The Balaban J connectivity index is 0.991. The molecule has 0 spiro atoms. The van der Waals surface area contributed by atoms with Gasteiger partial charge in [-0.15, -0.1) is 0 Å². The number of carbonyl (C=O) groups is 1. The Labute approximate surface area is 237 Å². The Morgan fingerprint density at radius 3 is 2.82 bits per heavy atom. The molecule has 1 amide bonds. The number of aliphatic hydroxyl groups is 1. The molecule has 0 bridgehead atoms. The summed E-state index contributed by atoms with van der Waals surface area (Å²) >= 11 is 3.99. The zero-order valence-corrected chi connectivity index (χ0v) is 24.7. The molecule has 5 aliphatic rings. The van der Waals surface area contributed by atoms with Crippen LogP contribution in [0.5, 0.6) is 0 Å². The highest BCUT2D eigenvalue weighted by Gasteiger charge is 2.42.